The molecule has 0 aliphatic carbocycles. The van der Waals surface area contributed by atoms with Crippen molar-refractivity contribution in [3.63, 3.8) is 0 Å². The van der Waals surface area contributed by atoms with Gasteiger partial charge in [0.15, 0.2) is 5.78 Å². The summed E-state index contributed by atoms with van der Waals surface area (Å²) in [5.41, 5.74) is 4.68. The van der Waals surface area contributed by atoms with Crippen molar-refractivity contribution in [1.82, 2.24) is 10.3 Å². The number of aliphatic hydroxyl groups excluding tert-OH is 1. The average Bonchev–Trinajstić information content (AvgIpc) is 2.97. The van der Waals surface area contributed by atoms with Crippen LogP contribution in [0.3, 0.4) is 0 Å². The minimum Gasteiger partial charge on any atom is -0.489 e. The molecule has 0 fully saturated rings. The minimum atomic E-state index is -3.77. The van der Waals surface area contributed by atoms with Crippen LogP contribution >= 0.6 is 0 Å². The zero-order chi connectivity index (χ0) is 28.1. The highest BCUT2D eigenvalue weighted by Crippen LogP contribution is 2.32. The maximum absolute atomic E-state index is 12.9. The SMILES string of the molecule is CC(=O)c1ccc(NS(=O)(=O)c2ccc(-c3ccc4c(c3)CCC(CNCC(O)c3cccnc3)O4)cc2)cc1. The number of aryl methyl sites for hydroxylation is 1. The second-order valence-electron chi connectivity index (χ2n) is 9.82. The number of nitrogens with one attached hydrogen (secondary N) is 2. The second-order valence-corrected chi connectivity index (χ2v) is 11.5. The highest BCUT2D eigenvalue weighted by Gasteiger charge is 2.21. The molecular weight excluding hydrogens is 526 g/mol. The number of sulfonamides is 1. The Morgan fingerprint density at radius 3 is 2.50 bits per heavy atom. The van der Waals surface area contributed by atoms with Gasteiger partial charge in [-0.2, -0.15) is 0 Å². The highest BCUT2D eigenvalue weighted by atomic mass is 32.2. The molecule has 1 aliphatic heterocycles. The zero-order valence-electron chi connectivity index (χ0n) is 22.1. The number of carbonyl (C=O) groups excluding carboxylic acids is 1. The van der Waals surface area contributed by atoms with Gasteiger partial charge in [0.2, 0.25) is 0 Å². The number of ketones is 1. The lowest BCUT2D eigenvalue weighted by Crippen LogP contribution is -2.36. The molecule has 0 amide bonds. The lowest BCUT2D eigenvalue weighted by atomic mass is 9.97. The van der Waals surface area contributed by atoms with Gasteiger partial charge in [0, 0.05) is 42.3 Å². The van der Waals surface area contributed by atoms with Gasteiger partial charge in [0.1, 0.15) is 11.9 Å². The van der Waals surface area contributed by atoms with Gasteiger partial charge in [-0.1, -0.05) is 24.3 Å². The summed E-state index contributed by atoms with van der Waals surface area (Å²) in [6.45, 7) is 2.51. The molecule has 0 saturated heterocycles. The van der Waals surface area contributed by atoms with E-state index in [0.29, 0.717) is 24.3 Å². The number of rotatable bonds is 10. The van der Waals surface area contributed by atoms with Crippen LogP contribution in [0.2, 0.25) is 0 Å². The molecule has 206 valence electrons. The van der Waals surface area contributed by atoms with Crippen LogP contribution < -0.4 is 14.8 Å². The molecule has 2 unspecified atom stereocenters. The highest BCUT2D eigenvalue weighted by molar-refractivity contribution is 7.92. The summed E-state index contributed by atoms with van der Waals surface area (Å²) in [4.78, 5) is 15.6. The van der Waals surface area contributed by atoms with E-state index in [-0.39, 0.29) is 16.8 Å². The number of anilines is 1. The van der Waals surface area contributed by atoms with E-state index in [1.54, 1.807) is 67.0 Å². The molecule has 5 rings (SSSR count). The van der Waals surface area contributed by atoms with Gasteiger partial charge in [-0.25, -0.2) is 8.42 Å². The summed E-state index contributed by atoms with van der Waals surface area (Å²) < 4.78 is 34.5. The number of nitrogens with zero attached hydrogens (tertiary/aromatic N) is 1. The van der Waals surface area contributed by atoms with Crippen molar-refractivity contribution in [2.45, 2.75) is 36.9 Å². The third kappa shape index (κ3) is 6.56. The van der Waals surface area contributed by atoms with Crippen molar-refractivity contribution >= 4 is 21.5 Å². The van der Waals surface area contributed by atoms with Gasteiger partial charge in [0.05, 0.1) is 11.0 Å². The number of Topliss-reactive ketones (excluding diaryl/α,β-unsaturated/α-hetero) is 1. The summed E-state index contributed by atoms with van der Waals surface area (Å²) in [7, 11) is -3.77. The molecule has 1 aliphatic rings. The molecule has 2 heterocycles. The Bertz CT molecular complexity index is 1570. The minimum absolute atomic E-state index is 0.00935. The van der Waals surface area contributed by atoms with Crippen LogP contribution in [0.1, 0.15) is 40.9 Å². The number of carbonyl (C=O) groups is 1. The number of fused-ring (bicyclic) bond motifs is 1. The smallest absolute Gasteiger partial charge is 0.261 e. The van der Waals surface area contributed by atoms with Crippen LogP contribution in [0.25, 0.3) is 11.1 Å². The van der Waals surface area contributed by atoms with Crippen molar-refractivity contribution in [2.75, 3.05) is 17.8 Å². The summed E-state index contributed by atoms with van der Waals surface area (Å²) in [6.07, 6.45) is 4.44. The largest absolute Gasteiger partial charge is 0.489 e. The van der Waals surface area contributed by atoms with Gasteiger partial charge in [-0.15, -0.1) is 0 Å². The first-order valence-corrected chi connectivity index (χ1v) is 14.6. The summed E-state index contributed by atoms with van der Waals surface area (Å²) in [5.74, 6) is 0.762. The molecule has 2 atom stereocenters. The van der Waals surface area contributed by atoms with Crippen molar-refractivity contribution in [3.05, 3.63) is 108 Å². The van der Waals surface area contributed by atoms with E-state index in [0.717, 1.165) is 40.8 Å². The topological polar surface area (TPSA) is 118 Å². The van der Waals surface area contributed by atoms with E-state index in [9.17, 15) is 18.3 Å². The molecule has 0 saturated carbocycles. The lowest BCUT2D eigenvalue weighted by molar-refractivity contribution is 0.101. The first-order valence-electron chi connectivity index (χ1n) is 13.1. The molecule has 9 heteroatoms. The van der Waals surface area contributed by atoms with Crippen LogP contribution in [-0.4, -0.2) is 43.5 Å². The summed E-state index contributed by atoms with van der Waals surface area (Å²) in [5, 5.41) is 13.6. The van der Waals surface area contributed by atoms with E-state index in [1.165, 1.54) is 6.92 Å². The predicted molar refractivity (Wildman–Crippen MR) is 154 cm³/mol. The number of pyridine rings is 1. The van der Waals surface area contributed by atoms with E-state index >= 15 is 0 Å². The Morgan fingerprint density at radius 2 is 1.80 bits per heavy atom. The lowest BCUT2D eigenvalue weighted by Gasteiger charge is -2.27. The Hall–Kier alpha value is -4.05. The van der Waals surface area contributed by atoms with Crippen LogP contribution in [0.5, 0.6) is 5.75 Å². The van der Waals surface area contributed by atoms with Gasteiger partial charge in [0.25, 0.3) is 10.0 Å². The number of aliphatic hydroxyl groups is 1. The number of benzene rings is 3. The Balaban J connectivity index is 1.18. The molecule has 4 aromatic rings. The Labute approximate surface area is 234 Å². The standard InChI is InChI=1S/C31H31N3O5S/c1-21(35)22-4-10-27(11-5-22)34-40(37,38)29-13-7-23(8-14-29)24-9-15-31-25(17-24)6-12-28(39-31)19-33-20-30(36)26-3-2-16-32-18-26/h2-5,7-11,13-18,28,30,33-34,36H,6,12,19-20H2,1H3. The summed E-state index contributed by atoms with van der Waals surface area (Å²) >= 11 is 0. The first kappa shape index (κ1) is 27.5. The summed E-state index contributed by atoms with van der Waals surface area (Å²) in [6, 6.07) is 22.8. The van der Waals surface area contributed by atoms with Crippen LogP contribution in [0, 0.1) is 0 Å². The number of ether oxygens (including phenoxy) is 1. The van der Waals surface area contributed by atoms with Crippen LogP contribution in [-0.2, 0) is 16.4 Å². The predicted octanol–water partition coefficient (Wildman–Crippen LogP) is 4.77. The fourth-order valence-electron chi connectivity index (χ4n) is 4.65. The van der Waals surface area contributed by atoms with Gasteiger partial charge >= 0.3 is 0 Å². The van der Waals surface area contributed by atoms with E-state index in [2.05, 4.69) is 21.1 Å². The van der Waals surface area contributed by atoms with Gasteiger partial charge in [-0.05, 0) is 91.1 Å². The Kier molecular flexibility index (Phi) is 8.25. The fourth-order valence-corrected chi connectivity index (χ4v) is 5.71. The second kappa shape index (κ2) is 12.0. The van der Waals surface area contributed by atoms with Crippen LogP contribution in [0.15, 0.2) is 96.2 Å². The van der Waals surface area contributed by atoms with E-state index in [4.69, 9.17) is 4.74 Å². The monoisotopic (exact) mass is 557 g/mol. The van der Waals surface area contributed by atoms with Gasteiger partial charge in [-0.3, -0.25) is 14.5 Å². The average molecular weight is 558 g/mol. The molecule has 3 aromatic carbocycles. The van der Waals surface area contributed by atoms with Gasteiger partial charge < -0.3 is 15.2 Å². The third-order valence-electron chi connectivity index (χ3n) is 6.91. The number of hydrogen-bond donors (Lipinski definition) is 3. The van der Waals surface area contributed by atoms with E-state index < -0.39 is 16.1 Å². The molecule has 3 N–H and O–H groups in total. The van der Waals surface area contributed by atoms with Crippen molar-refractivity contribution in [1.29, 1.82) is 0 Å². The molecule has 1 aromatic heterocycles. The maximum atomic E-state index is 12.9. The molecule has 0 radical (unpaired) electrons. The maximum Gasteiger partial charge on any atom is 0.261 e. The number of hydrogen-bond acceptors (Lipinski definition) is 7. The van der Waals surface area contributed by atoms with Crippen molar-refractivity contribution in [2.24, 2.45) is 0 Å². The fraction of sp³-hybridized carbons (Fsp3) is 0.226. The molecule has 0 bridgehead atoms. The molecule has 0 spiro atoms. The van der Waals surface area contributed by atoms with E-state index in [1.807, 2.05) is 18.2 Å². The number of aromatic nitrogens is 1. The van der Waals surface area contributed by atoms with Crippen molar-refractivity contribution in [3.8, 4) is 16.9 Å². The van der Waals surface area contributed by atoms with Crippen LogP contribution in [0.4, 0.5) is 5.69 Å². The normalized spacial score (nSPS) is 15.5. The zero-order valence-corrected chi connectivity index (χ0v) is 22.9. The quantitative estimate of drug-likeness (QED) is 0.241. The molecule has 40 heavy (non-hydrogen) atoms. The Morgan fingerprint density at radius 1 is 1.05 bits per heavy atom. The molecular formula is C31H31N3O5S. The van der Waals surface area contributed by atoms with Crippen molar-refractivity contribution < 1.29 is 23.1 Å². The molecule has 8 nitrogen and oxygen atoms in total. The first-order chi connectivity index (χ1) is 19.3. The third-order valence-corrected chi connectivity index (χ3v) is 8.31.